The molecule has 0 amide bonds. The second kappa shape index (κ2) is 9.64. The minimum atomic E-state index is -0.0582. The first-order chi connectivity index (χ1) is 23.1. The van der Waals surface area contributed by atoms with E-state index in [9.17, 15) is 0 Å². The van der Waals surface area contributed by atoms with Crippen LogP contribution < -0.4 is 0 Å². The van der Waals surface area contributed by atoms with Crippen molar-refractivity contribution in [3.63, 3.8) is 0 Å². The lowest BCUT2D eigenvalue weighted by molar-refractivity contribution is 0.661. The fourth-order valence-corrected chi connectivity index (χ4v) is 8.51. The Bertz CT molecular complexity index is 2690. The Labute approximate surface area is 274 Å². The van der Waals surface area contributed by atoms with Crippen LogP contribution in [-0.2, 0) is 5.41 Å². The van der Waals surface area contributed by atoms with E-state index in [0.717, 1.165) is 0 Å². The first kappa shape index (κ1) is 26.5. The Morgan fingerprint density at radius 2 is 0.915 bits per heavy atom. The standard InChI is InChI=1S/C47H32/c1-47(2)42-19-6-5-18-40(42)46-38-17-4-3-16-37(38)41(28-43(46)47)35-15-9-13-33(27-35)32-12-8-14-34(26-32)36-24-22-31-21-20-29-10-7-11-30-23-25-39(36)45(31)44(29)30/h3-28H,1-2H3. The minimum Gasteiger partial charge on any atom is -0.0619 e. The van der Waals surface area contributed by atoms with E-state index < -0.39 is 0 Å². The topological polar surface area (TPSA) is 0 Å². The zero-order chi connectivity index (χ0) is 31.3. The van der Waals surface area contributed by atoms with Gasteiger partial charge in [0.05, 0.1) is 0 Å². The molecular formula is C47H32. The summed E-state index contributed by atoms with van der Waals surface area (Å²) < 4.78 is 0. The van der Waals surface area contributed by atoms with Gasteiger partial charge >= 0.3 is 0 Å². The third-order valence-electron chi connectivity index (χ3n) is 10.8. The van der Waals surface area contributed by atoms with Gasteiger partial charge in [-0.2, -0.15) is 0 Å². The van der Waals surface area contributed by atoms with Crippen molar-refractivity contribution in [1.29, 1.82) is 0 Å². The van der Waals surface area contributed by atoms with E-state index in [1.54, 1.807) is 0 Å². The highest BCUT2D eigenvalue weighted by Crippen LogP contribution is 2.53. The molecule has 0 fully saturated rings. The summed E-state index contributed by atoms with van der Waals surface area (Å²) in [5.74, 6) is 0. The Balaban J connectivity index is 1.13. The maximum atomic E-state index is 2.47. The molecule has 0 radical (unpaired) electrons. The van der Waals surface area contributed by atoms with Gasteiger partial charge in [-0.25, -0.2) is 0 Å². The van der Waals surface area contributed by atoms with Crippen molar-refractivity contribution >= 4 is 43.1 Å². The number of hydrogen-bond acceptors (Lipinski definition) is 0. The van der Waals surface area contributed by atoms with E-state index in [2.05, 4.69) is 172 Å². The molecule has 0 aliphatic heterocycles. The molecule has 1 aliphatic carbocycles. The maximum Gasteiger partial charge on any atom is 0.0159 e. The number of fused-ring (bicyclic) bond motifs is 5. The van der Waals surface area contributed by atoms with Gasteiger partial charge in [0.25, 0.3) is 0 Å². The van der Waals surface area contributed by atoms with Gasteiger partial charge in [0.1, 0.15) is 0 Å². The van der Waals surface area contributed by atoms with Crippen LogP contribution in [0.1, 0.15) is 25.0 Å². The van der Waals surface area contributed by atoms with Gasteiger partial charge in [-0.1, -0.05) is 153 Å². The summed E-state index contributed by atoms with van der Waals surface area (Å²) in [6.07, 6.45) is 0. The molecule has 0 nitrogen and oxygen atoms in total. The first-order valence-corrected chi connectivity index (χ1v) is 16.6. The van der Waals surface area contributed by atoms with E-state index in [1.807, 2.05) is 0 Å². The first-order valence-electron chi connectivity index (χ1n) is 16.6. The molecule has 0 spiro atoms. The second-order valence-electron chi connectivity index (χ2n) is 13.7. The quantitative estimate of drug-likeness (QED) is 0.178. The Hall–Kier alpha value is -5.72. The second-order valence-corrected chi connectivity index (χ2v) is 13.7. The molecule has 220 valence electrons. The van der Waals surface area contributed by atoms with E-state index in [-0.39, 0.29) is 5.41 Å². The maximum absolute atomic E-state index is 2.47. The van der Waals surface area contributed by atoms with Gasteiger partial charge in [-0.3, -0.25) is 0 Å². The summed E-state index contributed by atoms with van der Waals surface area (Å²) in [5.41, 5.74) is 13.1. The van der Waals surface area contributed by atoms with Crippen molar-refractivity contribution in [2.75, 3.05) is 0 Å². The molecule has 0 bridgehead atoms. The monoisotopic (exact) mass is 596 g/mol. The van der Waals surface area contributed by atoms with Crippen molar-refractivity contribution < 1.29 is 0 Å². The van der Waals surface area contributed by atoms with Crippen LogP contribution in [0.5, 0.6) is 0 Å². The molecular weight excluding hydrogens is 565 g/mol. The number of hydrogen-bond donors (Lipinski definition) is 0. The summed E-state index contributed by atoms with van der Waals surface area (Å²) in [6.45, 7) is 4.74. The largest absolute Gasteiger partial charge is 0.0619 e. The molecule has 0 heterocycles. The van der Waals surface area contributed by atoms with E-state index in [0.29, 0.717) is 0 Å². The zero-order valence-corrected chi connectivity index (χ0v) is 26.5. The summed E-state index contributed by atoms with van der Waals surface area (Å²) in [5, 5.41) is 10.6. The molecule has 9 aromatic rings. The van der Waals surface area contributed by atoms with Crippen LogP contribution in [0.4, 0.5) is 0 Å². The van der Waals surface area contributed by atoms with Crippen LogP contribution >= 0.6 is 0 Å². The lowest BCUT2D eigenvalue weighted by Crippen LogP contribution is -2.15. The molecule has 47 heavy (non-hydrogen) atoms. The van der Waals surface area contributed by atoms with Crippen LogP contribution in [0.3, 0.4) is 0 Å². The third-order valence-corrected chi connectivity index (χ3v) is 10.8. The fraction of sp³-hybridized carbons (Fsp3) is 0.0638. The molecule has 0 heteroatoms. The molecule has 0 aromatic heterocycles. The predicted octanol–water partition coefficient (Wildman–Crippen LogP) is 13.0. The summed E-state index contributed by atoms with van der Waals surface area (Å²) in [7, 11) is 0. The van der Waals surface area contributed by atoms with Gasteiger partial charge < -0.3 is 0 Å². The normalized spacial score (nSPS) is 13.5. The van der Waals surface area contributed by atoms with Crippen LogP contribution in [0, 0.1) is 0 Å². The fourth-order valence-electron chi connectivity index (χ4n) is 8.51. The van der Waals surface area contributed by atoms with Crippen molar-refractivity contribution in [3.8, 4) is 44.5 Å². The van der Waals surface area contributed by atoms with Crippen LogP contribution in [0.2, 0.25) is 0 Å². The van der Waals surface area contributed by atoms with E-state index in [4.69, 9.17) is 0 Å². The molecule has 1 aliphatic rings. The van der Waals surface area contributed by atoms with E-state index in [1.165, 1.54) is 98.7 Å². The average molecular weight is 597 g/mol. The summed E-state index contributed by atoms with van der Waals surface area (Å²) in [4.78, 5) is 0. The van der Waals surface area contributed by atoms with Crippen molar-refractivity contribution in [3.05, 3.63) is 169 Å². The number of benzene rings is 9. The molecule has 0 atom stereocenters. The van der Waals surface area contributed by atoms with Crippen LogP contribution in [-0.4, -0.2) is 0 Å². The summed E-state index contributed by atoms with van der Waals surface area (Å²) >= 11 is 0. The average Bonchev–Trinajstić information content (AvgIpc) is 3.36. The van der Waals surface area contributed by atoms with Gasteiger partial charge in [-0.05, 0) is 117 Å². The molecule has 0 saturated carbocycles. The highest BCUT2D eigenvalue weighted by atomic mass is 14.4. The summed E-state index contributed by atoms with van der Waals surface area (Å²) in [6, 6.07) is 58.9. The highest BCUT2D eigenvalue weighted by molar-refractivity contribution is 6.25. The Morgan fingerprint density at radius 1 is 0.340 bits per heavy atom. The SMILES string of the molecule is CC1(C)c2ccccc2-c2c1cc(-c1cccc(-c3cccc(-c4ccc5ccc6cccc7ccc4c5c67)c3)c1)c1ccccc21. The smallest absolute Gasteiger partial charge is 0.0159 e. The Morgan fingerprint density at radius 3 is 1.68 bits per heavy atom. The van der Waals surface area contributed by atoms with Crippen molar-refractivity contribution in [2.45, 2.75) is 19.3 Å². The van der Waals surface area contributed by atoms with Gasteiger partial charge in [-0.15, -0.1) is 0 Å². The molecule has 9 aromatic carbocycles. The lowest BCUT2D eigenvalue weighted by atomic mass is 9.80. The predicted molar refractivity (Wildman–Crippen MR) is 202 cm³/mol. The van der Waals surface area contributed by atoms with Gasteiger partial charge in [0.15, 0.2) is 0 Å². The van der Waals surface area contributed by atoms with Gasteiger partial charge in [0.2, 0.25) is 0 Å². The zero-order valence-electron chi connectivity index (χ0n) is 26.5. The van der Waals surface area contributed by atoms with E-state index >= 15 is 0 Å². The highest BCUT2D eigenvalue weighted by Gasteiger charge is 2.36. The molecule has 0 saturated heterocycles. The molecule has 10 rings (SSSR count). The third kappa shape index (κ3) is 3.76. The number of rotatable bonds is 3. The minimum absolute atomic E-state index is 0.0582. The van der Waals surface area contributed by atoms with Crippen LogP contribution in [0.25, 0.3) is 87.6 Å². The lowest BCUT2D eigenvalue weighted by Gasteiger charge is -2.23. The Kier molecular flexibility index (Phi) is 5.44. The molecule has 0 unspecified atom stereocenters. The van der Waals surface area contributed by atoms with Crippen LogP contribution in [0.15, 0.2) is 158 Å². The van der Waals surface area contributed by atoms with Crippen molar-refractivity contribution in [2.24, 2.45) is 0 Å². The molecule has 0 N–H and O–H groups in total. The van der Waals surface area contributed by atoms with Gasteiger partial charge in [0, 0.05) is 5.41 Å². The van der Waals surface area contributed by atoms with Crippen molar-refractivity contribution in [1.82, 2.24) is 0 Å².